The number of piperidine rings is 1. The van der Waals surface area contributed by atoms with Crippen molar-refractivity contribution in [2.75, 3.05) is 25.1 Å². The molecule has 5 nitrogen and oxygen atoms in total. The van der Waals surface area contributed by atoms with Gasteiger partial charge >= 0.3 is 0 Å². The van der Waals surface area contributed by atoms with E-state index in [1.54, 1.807) is 30.2 Å². The number of hydrogen-bond acceptors (Lipinski definition) is 4. The first-order valence-corrected chi connectivity index (χ1v) is 9.81. The van der Waals surface area contributed by atoms with Crippen molar-refractivity contribution in [3.8, 4) is 0 Å². The number of para-hydroxylation sites is 1. The minimum atomic E-state index is -0.828. The number of carbonyl (C=O) groups excluding carboxylic acids is 1. The molecule has 7 heteroatoms. The second kappa shape index (κ2) is 7.41. The zero-order chi connectivity index (χ0) is 19.9. The fourth-order valence-corrected chi connectivity index (χ4v) is 4.62. The quantitative estimate of drug-likeness (QED) is 0.784. The molecule has 1 saturated heterocycles. The Balaban J connectivity index is 1.86. The maximum Gasteiger partial charge on any atom is 0.263 e. The van der Waals surface area contributed by atoms with Crippen molar-refractivity contribution in [1.82, 2.24) is 5.06 Å². The van der Waals surface area contributed by atoms with Crippen molar-refractivity contribution in [2.24, 2.45) is 0 Å². The molecule has 0 aromatic heterocycles. The molecule has 2 aromatic rings. The zero-order valence-electron chi connectivity index (χ0n) is 15.4. The van der Waals surface area contributed by atoms with E-state index < -0.39 is 5.54 Å². The van der Waals surface area contributed by atoms with Crippen LogP contribution in [0.25, 0.3) is 5.57 Å². The summed E-state index contributed by atoms with van der Waals surface area (Å²) < 4.78 is 0. The van der Waals surface area contributed by atoms with Gasteiger partial charge in [0.2, 0.25) is 0 Å². The molecule has 2 aliphatic rings. The van der Waals surface area contributed by atoms with Gasteiger partial charge in [-0.1, -0.05) is 47.5 Å². The highest BCUT2D eigenvalue weighted by molar-refractivity contribution is 6.39. The lowest BCUT2D eigenvalue weighted by molar-refractivity contribution is -0.150. The number of aliphatic hydroxyl groups is 1. The Kier molecular flexibility index (Phi) is 5.10. The van der Waals surface area contributed by atoms with E-state index in [-0.39, 0.29) is 17.2 Å². The van der Waals surface area contributed by atoms with E-state index in [0.717, 1.165) is 5.69 Å². The van der Waals surface area contributed by atoms with Crippen LogP contribution in [0.4, 0.5) is 5.69 Å². The number of amides is 1. The van der Waals surface area contributed by atoms with Gasteiger partial charge < -0.3 is 9.94 Å². The Morgan fingerprint density at radius 1 is 1.07 bits per heavy atom. The Morgan fingerprint density at radius 3 is 2.36 bits per heavy atom. The number of hydrogen-bond donors (Lipinski definition) is 1. The SMILES string of the molecule is CON1CCC2(CC1)C(O)=C(c1ccc(Cl)cc1Cl)C(=O)N2c1ccccc1. The smallest absolute Gasteiger partial charge is 0.263 e. The standard InChI is InChI=1S/C21H20Cl2N2O3/c1-28-24-11-9-21(10-12-24)19(26)18(16-8-7-14(22)13-17(16)23)20(27)25(21)15-5-3-2-4-6-15/h2-8,13,26H,9-12H2,1H3. The third-order valence-electron chi connectivity index (χ3n) is 5.55. The summed E-state index contributed by atoms with van der Waals surface area (Å²) in [5.74, 6) is -0.208. The fraction of sp³-hybridized carbons (Fsp3) is 0.286. The van der Waals surface area contributed by atoms with Crippen LogP contribution in [0.5, 0.6) is 0 Å². The summed E-state index contributed by atoms with van der Waals surface area (Å²) in [6.07, 6.45) is 1.09. The van der Waals surface area contributed by atoms with Crippen LogP contribution in [0, 0.1) is 0 Å². The average molecular weight is 419 g/mol. The fourth-order valence-electron chi connectivity index (χ4n) is 4.12. The largest absolute Gasteiger partial charge is 0.509 e. The van der Waals surface area contributed by atoms with E-state index in [1.807, 2.05) is 35.4 Å². The number of aliphatic hydroxyl groups excluding tert-OH is 1. The predicted molar refractivity (Wildman–Crippen MR) is 110 cm³/mol. The van der Waals surface area contributed by atoms with Crippen LogP contribution in [0.1, 0.15) is 18.4 Å². The van der Waals surface area contributed by atoms with Crippen LogP contribution in [0.15, 0.2) is 54.3 Å². The van der Waals surface area contributed by atoms with E-state index >= 15 is 0 Å². The number of halogens is 2. The predicted octanol–water partition coefficient (Wildman–Crippen LogP) is 4.71. The monoisotopic (exact) mass is 418 g/mol. The lowest BCUT2D eigenvalue weighted by atomic mass is 9.84. The first-order valence-electron chi connectivity index (χ1n) is 9.06. The molecule has 1 fully saturated rings. The molecule has 2 aromatic carbocycles. The molecule has 0 aliphatic carbocycles. The highest BCUT2D eigenvalue weighted by Crippen LogP contribution is 2.48. The molecule has 2 aliphatic heterocycles. The van der Waals surface area contributed by atoms with E-state index in [1.165, 1.54) is 0 Å². The van der Waals surface area contributed by atoms with Gasteiger partial charge in [-0.25, -0.2) is 0 Å². The number of rotatable bonds is 3. The second-order valence-corrected chi connectivity index (χ2v) is 7.81. The van der Waals surface area contributed by atoms with Crippen LogP contribution in [0.3, 0.4) is 0 Å². The molecule has 4 rings (SSSR count). The number of benzene rings is 2. The molecule has 1 amide bonds. The van der Waals surface area contributed by atoms with Crippen molar-refractivity contribution < 1.29 is 14.7 Å². The molecule has 0 bridgehead atoms. The molecule has 146 valence electrons. The number of nitrogens with zero attached hydrogens (tertiary/aromatic N) is 2. The summed E-state index contributed by atoms with van der Waals surface area (Å²) in [7, 11) is 1.63. The minimum Gasteiger partial charge on any atom is -0.509 e. The van der Waals surface area contributed by atoms with Gasteiger partial charge in [0.1, 0.15) is 11.3 Å². The number of hydroxylamine groups is 2. The Hall–Kier alpha value is -2.05. The first kappa shape index (κ1) is 19.3. The summed E-state index contributed by atoms with van der Waals surface area (Å²) in [6.45, 7) is 1.19. The molecule has 2 heterocycles. The molecule has 1 spiro atoms. The lowest BCUT2D eigenvalue weighted by Gasteiger charge is -2.44. The normalized spacial score (nSPS) is 19.7. The molecule has 28 heavy (non-hydrogen) atoms. The summed E-state index contributed by atoms with van der Waals surface area (Å²) in [5.41, 5.74) is 0.633. The molecular weight excluding hydrogens is 399 g/mol. The Bertz CT molecular complexity index is 938. The highest BCUT2D eigenvalue weighted by Gasteiger charge is 2.54. The van der Waals surface area contributed by atoms with Crippen LogP contribution in [-0.4, -0.2) is 41.8 Å². The molecule has 0 unspecified atom stereocenters. The topological polar surface area (TPSA) is 53.0 Å². The molecular formula is C21H20Cl2N2O3. The molecule has 0 saturated carbocycles. The van der Waals surface area contributed by atoms with Gasteiger partial charge in [0.15, 0.2) is 0 Å². The summed E-state index contributed by atoms with van der Waals surface area (Å²) >= 11 is 12.4. The van der Waals surface area contributed by atoms with Gasteiger partial charge in [-0.05, 0) is 37.1 Å². The van der Waals surface area contributed by atoms with Crippen molar-refractivity contribution in [3.05, 3.63) is 69.9 Å². The summed E-state index contributed by atoms with van der Waals surface area (Å²) in [6, 6.07) is 14.3. The van der Waals surface area contributed by atoms with Crippen LogP contribution in [0.2, 0.25) is 10.0 Å². The van der Waals surface area contributed by atoms with Crippen LogP contribution < -0.4 is 4.90 Å². The zero-order valence-corrected chi connectivity index (χ0v) is 16.9. The van der Waals surface area contributed by atoms with E-state index in [2.05, 4.69) is 0 Å². The van der Waals surface area contributed by atoms with Crippen molar-refractivity contribution in [3.63, 3.8) is 0 Å². The maximum atomic E-state index is 13.6. The van der Waals surface area contributed by atoms with Gasteiger partial charge in [0.25, 0.3) is 5.91 Å². The third kappa shape index (κ3) is 2.99. The van der Waals surface area contributed by atoms with Gasteiger partial charge in [0.05, 0.1) is 17.7 Å². The number of anilines is 1. The lowest BCUT2D eigenvalue weighted by Crippen LogP contribution is -2.55. The van der Waals surface area contributed by atoms with E-state index in [0.29, 0.717) is 41.5 Å². The Morgan fingerprint density at radius 2 is 1.75 bits per heavy atom. The van der Waals surface area contributed by atoms with Crippen molar-refractivity contribution in [2.45, 2.75) is 18.4 Å². The van der Waals surface area contributed by atoms with Gasteiger partial charge in [-0.2, -0.15) is 5.06 Å². The molecule has 0 atom stereocenters. The average Bonchev–Trinajstić information content (AvgIpc) is 2.90. The van der Waals surface area contributed by atoms with Crippen molar-refractivity contribution >= 4 is 40.4 Å². The van der Waals surface area contributed by atoms with Gasteiger partial charge in [-0.3, -0.25) is 9.69 Å². The Labute approximate surface area is 173 Å². The minimum absolute atomic E-state index is 0.0568. The number of carbonyl (C=O) groups is 1. The summed E-state index contributed by atoms with van der Waals surface area (Å²) in [4.78, 5) is 20.6. The first-order chi connectivity index (χ1) is 13.5. The van der Waals surface area contributed by atoms with Crippen LogP contribution >= 0.6 is 23.2 Å². The summed E-state index contributed by atoms with van der Waals surface area (Å²) in [5, 5.41) is 14.0. The van der Waals surface area contributed by atoms with E-state index in [9.17, 15) is 9.90 Å². The molecule has 1 N–H and O–H groups in total. The van der Waals surface area contributed by atoms with Crippen LogP contribution in [-0.2, 0) is 9.63 Å². The molecule has 0 radical (unpaired) electrons. The van der Waals surface area contributed by atoms with E-state index in [4.69, 9.17) is 28.0 Å². The maximum absolute atomic E-state index is 13.6. The van der Waals surface area contributed by atoms with Gasteiger partial charge in [-0.15, -0.1) is 0 Å². The van der Waals surface area contributed by atoms with Gasteiger partial charge in [0, 0.05) is 29.4 Å². The van der Waals surface area contributed by atoms with Crippen molar-refractivity contribution in [1.29, 1.82) is 0 Å². The highest BCUT2D eigenvalue weighted by atomic mass is 35.5. The third-order valence-corrected chi connectivity index (χ3v) is 6.09. The second-order valence-electron chi connectivity index (χ2n) is 6.97.